The van der Waals surface area contributed by atoms with Gasteiger partial charge in [0.25, 0.3) is 0 Å². The van der Waals surface area contributed by atoms with Crippen LogP contribution in [0, 0.1) is 25.6 Å². The Morgan fingerprint density at radius 3 is 2.59 bits per heavy atom. The van der Waals surface area contributed by atoms with Gasteiger partial charge in [-0.3, -0.25) is 4.90 Å². The van der Waals surface area contributed by atoms with Crippen molar-refractivity contribution in [2.75, 3.05) is 37.0 Å². The van der Waals surface area contributed by atoms with Crippen molar-refractivity contribution in [2.45, 2.75) is 64.8 Å². The Bertz CT molecular complexity index is 1330. The molecule has 0 radical (unpaired) electrons. The fourth-order valence-electron chi connectivity index (χ4n) is 5.99. The van der Waals surface area contributed by atoms with Crippen LogP contribution in [0.3, 0.4) is 0 Å². The summed E-state index contributed by atoms with van der Waals surface area (Å²) in [7, 11) is 2.10. The molecule has 3 aromatic rings. The summed E-state index contributed by atoms with van der Waals surface area (Å²) in [4.78, 5) is 26.3. The lowest BCUT2D eigenvalue weighted by Crippen LogP contribution is -2.44. The van der Waals surface area contributed by atoms with Crippen LogP contribution in [-0.4, -0.2) is 53.7 Å². The molecule has 1 N–H and O–H groups in total. The minimum atomic E-state index is -0.462. The van der Waals surface area contributed by atoms with E-state index in [1.807, 2.05) is 32.0 Å². The zero-order chi connectivity index (χ0) is 28.8. The summed E-state index contributed by atoms with van der Waals surface area (Å²) in [5.41, 5.74) is 3.41. The fourth-order valence-corrected chi connectivity index (χ4v) is 5.99. The monoisotopic (exact) mass is 561 g/mol. The van der Waals surface area contributed by atoms with E-state index in [0.29, 0.717) is 18.2 Å². The maximum atomic E-state index is 14.8. The van der Waals surface area contributed by atoms with Gasteiger partial charge in [-0.2, -0.15) is 4.98 Å². The van der Waals surface area contributed by atoms with E-state index in [9.17, 15) is 9.18 Å². The van der Waals surface area contributed by atoms with Crippen molar-refractivity contribution in [3.63, 3.8) is 0 Å². The van der Waals surface area contributed by atoms with Crippen LogP contribution in [0.1, 0.15) is 56.1 Å². The first-order valence-corrected chi connectivity index (χ1v) is 14.7. The molecule has 1 saturated heterocycles. The molecule has 5 rings (SSSR count). The number of piperidine rings is 1. The topological polar surface area (TPSA) is 79.8 Å². The maximum Gasteiger partial charge on any atom is 0.421 e. The summed E-state index contributed by atoms with van der Waals surface area (Å²) in [6.07, 6.45) is 8.48. The molecule has 218 valence electrons. The molecule has 8 nitrogen and oxygen atoms in total. The number of amides is 1. The van der Waals surface area contributed by atoms with Gasteiger partial charge in [0.2, 0.25) is 11.8 Å². The number of rotatable bonds is 8. The Balaban J connectivity index is 1.26. The first-order valence-electron chi connectivity index (χ1n) is 14.7. The third kappa shape index (κ3) is 7.33. The van der Waals surface area contributed by atoms with Gasteiger partial charge in [-0.1, -0.05) is 37.5 Å². The van der Waals surface area contributed by atoms with Crippen LogP contribution < -0.4 is 19.7 Å². The number of hydrogen-bond donors (Lipinski definition) is 1. The number of aryl methyl sites for hydroxylation is 2. The van der Waals surface area contributed by atoms with Gasteiger partial charge in [-0.15, -0.1) is 0 Å². The molecule has 2 fully saturated rings. The summed E-state index contributed by atoms with van der Waals surface area (Å²) in [6, 6.07) is 12.3. The Kier molecular flexibility index (Phi) is 9.34. The molecule has 1 unspecified atom stereocenters. The minimum absolute atomic E-state index is 0.0678. The Morgan fingerprint density at radius 1 is 1.07 bits per heavy atom. The van der Waals surface area contributed by atoms with Crippen LogP contribution in [0.5, 0.6) is 11.6 Å². The number of aromatic nitrogens is 2. The highest BCUT2D eigenvalue weighted by molar-refractivity contribution is 5.91. The predicted octanol–water partition coefficient (Wildman–Crippen LogP) is 7.03. The van der Waals surface area contributed by atoms with Gasteiger partial charge in [-0.05, 0) is 76.4 Å². The van der Waals surface area contributed by atoms with E-state index < -0.39 is 11.9 Å². The lowest BCUT2D eigenvalue weighted by molar-refractivity contribution is 0.147. The highest BCUT2D eigenvalue weighted by Crippen LogP contribution is 2.33. The van der Waals surface area contributed by atoms with E-state index in [4.69, 9.17) is 9.47 Å². The Labute approximate surface area is 241 Å². The van der Waals surface area contributed by atoms with Crippen molar-refractivity contribution in [3.8, 4) is 11.6 Å². The number of likely N-dealkylation sites (tertiary alicyclic amines) is 1. The number of nitrogens with zero attached hydrogens (tertiary/aromatic N) is 4. The van der Waals surface area contributed by atoms with Gasteiger partial charge in [0.1, 0.15) is 0 Å². The molecule has 0 bridgehead atoms. The molecule has 0 spiro atoms. The van der Waals surface area contributed by atoms with Crippen molar-refractivity contribution in [3.05, 3.63) is 65.6 Å². The van der Waals surface area contributed by atoms with Gasteiger partial charge >= 0.3 is 6.09 Å². The van der Waals surface area contributed by atoms with Crippen LogP contribution >= 0.6 is 0 Å². The number of carbonyl (C=O) groups is 1. The van der Waals surface area contributed by atoms with Gasteiger partial charge < -0.3 is 19.7 Å². The van der Waals surface area contributed by atoms with Crippen molar-refractivity contribution in [1.82, 2.24) is 14.9 Å². The second-order valence-electron chi connectivity index (χ2n) is 11.3. The number of para-hydroxylation sites is 1. The molecular formula is C32H40FN5O3. The average Bonchev–Trinajstić information content (AvgIpc) is 2.95. The fraction of sp³-hybridized carbons (Fsp3) is 0.469. The zero-order valence-corrected chi connectivity index (χ0v) is 24.2. The van der Waals surface area contributed by atoms with E-state index in [0.717, 1.165) is 68.4 Å². The van der Waals surface area contributed by atoms with Crippen LogP contribution in [0.4, 0.5) is 26.5 Å². The summed E-state index contributed by atoms with van der Waals surface area (Å²) in [6.45, 7) is 6.58. The number of carbonyl (C=O) groups excluding carboxylic acids is 1. The molecule has 1 aliphatic carbocycles. The molecule has 2 aliphatic rings. The third-order valence-corrected chi connectivity index (χ3v) is 8.02. The lowest BCUT2D eigenvalue weighted by atomic mass is 9.93. The van der Waals surface area contributed by atoms with E-state index in [1.54, 1.807) is 23.1 Å². The molecule has 2 aromatic carbocycles. The number of anilines is 3. The molecule has 1 aromatic heterocycles. The van der Waals surface area contributed by atoms with Gasteiger partial charge in [0, 0.05) is 42.5 Å². The number of nitrogens with one attached hydrogen (secondary N) is 1. The summed E-state index contributed by atoms with van der Waals surface area (Å²) in [5, 5.41) is 3.01. The molecular weight excluding hydrogens is 521 g/mol. The SMILES string of the molecule is Cc1cccc(C)c1N(C(=O)Oc1ccnc(Nc2ccc(OCC3CCCN(C)C3)c(F)c2)n1)C1CCCCC1. The Hall–Kier alpha value is -3.72. The normalized spacial score (nSPS) is 18.1. The molecule has 9 heteroatoms. The zero-order valence-electron chi connectivity index (χ0n) is 24.2. The van der Waals surface area contributed by atoms with Crippen LogP contribution in [-0.2, 0) is 0 Å². The average molecular weight is 562 g/mol. The quantitative estimate of drug-likeness (QED) is 0.316. The highest BCUT2D eigenvalue weighted by Gasteiger charge is 2.31. The van der Waals surface area contributed by atoms with Crippen molar-refractivity contribution >= 4 is 23.4 Å². The summed E-state index contributed by atoms with van der Waals surface area (Å²) in [5.74, 6) is 0.482. The second-order valence-corrected chi connectivity index (χ2v) is 11.3. The van der Waals surface area contributed by atoms with Crippen molar-refractivity contribution in [2.24, 2.45) is 5.92 Å². The Morgan fingerprint density at radius 2 is 1.85 bits per heavy atom. The molecule has 2 heterocycles. The smallest absolute Gasteiger partial charge is 0.421 e. The van der Waals surface area contributed by atoms with Crippen molar-refractivity contribution in [1.29, 1.82) is 0 Å². The predicted molar refractivity (Wildman–Crippen MR) is 159 cm³/mol. The van der Waals surface area contributed by atoms with E-state index in [-0.39, 0.29) is 23.6 Å². The third-order valence-electron chi connectivity index (χ3n) is 8.02. The second kappa shape index (κ2) is 13.3. The molecule has 1 atom stereocenters. The standard InChI is InChI=1S/C32H40FN5O3/c1-22-9-7-10-23(2)30(22)38(26-12-5-4-6-13-26)32(39)41-29-16-17-34-31(36-29)35-25-14-15-28(27(33)19-25)40-21-24-11-8-18-37(3)20-24/h7,9-10,14-17,19,24,26H,4-6,8,11-13,18,20-21H2,1-3H3,(H,34,35,36). The minimum Gasteiger partial charge on any atom is -0.490 e. The highest BCUT2D eigenvalue weighted by atomic mass is 19.1. The van der Waals surface area contributed by atoms with E-state index >= 15 is 0 Å². The van der Waals surface area contributed by atoms with Crippen LogP contribution in [0.15, 0.2) is 48.7 Å². The summed E-state index contributed by atoms with van der Waals surface area (Å²) >= 11 is 0. The number of hydrogen-bond acceptors (Lipinski definition) is 7. The van der Waals surface area contributed by atoms with E-state index in [1.165, 1.54) is 18.7 Å². The molecule has 41 heavy (non-hydrogen) atoms. The van der Waals surface area contributed by atoms with Crippen LogP contribution in [0.2, 0.25) is 0 Å². The van der Waals surface area contributed by atoms with Gasteiger partial charge in [0.05, 0.1) is 12.3 Å². The molecule has 1 amide bonds. The lowest BCUT2D eigenvalue weighted by Gasteiger charge is -2.35. The van der Waals surface area contributed by atoms with Gasteiger partial charge in [-0.25, -0.2) is 14.2 Å². The van der Waals surface area contributed by atoms with Crippen LogP contribution in [0.25, 0.3) is 0 Å². The number of halogens is 1. The first-order chi connectivity index (χ1) is 19.9. The van der Waals surface area contributed by atoms with E-state index in [2.05, 4.69) is 27.2 Å². The number of benzene rings is 2. The summed E-state index contributed by atoms with van der Waals surface area (Å²) < 4.78 is 26.4. The largest absolute Gasteiger partial charge is 0.490 e. The maximum absolute atomic E-state index is 14.8. The molecule has 1 saturated carbocycles. The van der Waals surface area contributed by atoms with Gasteiger partial charge in [0.15, 0.2) is 11.6 Å². The first kappa shape index (κ1) is 28.8. The molecule has 1 aliphatic heterocycles. The number of ether oxygens (including phenoxy) is 2. The van der Waals surface area contributed by atoms with Crippen molar-refractivity contribution < 1.29 is 18.7 Å².